The fourth-order valence-electron chi connectivity index (χ4n) is 3.87. The van der Waals surface area contributed by atoms with Crippen molar-refractivity contribution in [2.75, 3.05) is 13.7 Å². The van der Waals surface area contributed by atoms with Crippen molar-refractivity contribution in [3.05, 3.63) is 35.9 Å². The summed E-state index contributed by atoms with van der Waals surface area (Å²) < 4.78 is 10.6. The Morgan fingerprint density at radius 2 is 1.88 bits per heavy atom. The molecule has 130 valence electrons. The molecule has 1 aromatic rings. The summed E-state index contributed by atoms with van der Waals surface area (Å²) in [5.41, 5.74) is 0.749. The lowest BCUT2D eigenvalue weighted by atomic mass is 9.98. The summed E-state index contributed by atoms with van der Waals surface area (Å²) in [5, 5.41) is 17.9. The molecule has 2 heterocycles. The summed E-state index contributed by atoms with van der Waals surface area (Å²) in [6.45, 7) is -0.125. The Bertz CT molecular complexity index is 541. The van der Waals surface area contributed by atoms with Crippen molar-refractivity contribution in [3.63, 3.8) is 0 Å². The predicted octanol–water partition coefficient (Wildman–Crippen LogP) is 0.925. The third-order valence-corrected chi connectivity index (χ3v) is 5.24. The van der Waals surface area contributed by atoms with E-state index in [9.17, 15) is 4.79 Å². The van der Waals surface area contributed by atoms with Gasteiger partial charge in [-0.15, -0.1) is 0 Å². The molecular weight excluding hydrogens is 309 g/mol. The fourth-order valence-corrected chi connectivity index (χ4v) is 3.87. The third kappa shape index (κ3) is 3.98. The van der Waals surface area contributed by atoms with E-state index in [-0.39, 0.29) is 18.7 Å². The molecule has 2 fully saturated rings. The number of benzene rings is 1. The molecule has 0 saturated carbocycles. The molecule has 2 aliphatic rings. The molecule has 0 spiro atoms. The summed E-state index contributed by atoms with van der Waals surface area (Å²) in [4.78, 5) is 15.1. The van der Waals surface area contributed by atoms with E-state index in [4.69, 9.17) is 19.4 Å². The second-order valence-corrected chi connectivity index (χ2v) is 6.70. The number of nitrogens with zero attached hydrogens (tertiary/aromatic N) is 1. The van der Waals surface area contributed by atoms with E-state index < -0.39 is 13.2 Å². The van der Waals surface area contributed by atoms with E-state index in [1.807, 2.05) is 30.3 Å². The van der Waals surface area contributed by atoms with Gasteiger partial charge >= 0.3 is 13.3 Å². The maximum absolute atomic E-state index is 12.7. The quantitative estimate of drug-likeness (QED) is 0.595. The van der Waals surface area contributed by atoms with Crippen molar-refractivity contribution in [2.24, 2.45) is 0 Å². The summed E-state index contributed by atoms with van der Waals surface area (Å²) >= 11 is 0. The van der Waals surface area contributed by atoms with E-state index in [0.717, 1.165) is 31.2 Å². The van der Waals surface area contributed by atoms with Gasteiger partial charge in [0.2, 0.25) is 0 Å². The van der Waals surface area contributed by atoms with E-state index in [2.05, 4.69) is 11.9 Å². The summed E-state index contributed by atoms with van der Waals surface area (Å²) in [7, 11) is 0.243. The smallest absolute Gasteiger partial charge is 0.462 e. The average Bonchev–Trinajstić information content (AvgIpc) is 2.77. The minimum absolute atomic E-state index is 0.0727. The Labute approximate surface area is 142 Å². The molecule has 24 heavy (non-hydrogen) atoms. The summed E-state index contributed by atoms with van der Waals surface area (Å²) in [6.07, 6.45) is 3.98. The van der Waals surface area contributed by atoms with Gasteiger partial charge in [0, 0.05) is 12.1 Å². The molecule has 2 bridgehead atoms. The largest absolute Gasteiger partial charge is 0.633 e. The Morgan fingerprint density at radius 3 is 2.46 bits per heavy atom. The molecule has 6 nitrogen and oxygen atoms in total. The minimum Gasteiger partial charge on any atom is -0.462 e. The maximum atomic E-state index is 12.7. The summed E-state index contributed by atoms with van der Waals surface area (Å²) in [6, 6.07) is 10.2. The van der Waals surface area contributed by atoms with E-state index in [1.165, 1.54) is 0 Å². The molecule has 0 amide bonds. The second kappa shape index (κ2) is 7.65. The standard InChI is InChI=1S/C17H24BNO5/c1-19-13-7-8-14(19)10-15(9-13)24-17(20)16(11-23-18(21)22)12-5-3-2-4-6-12/h2-6,13-16,21-22H,7-11H2,1H3/t13-,14+,15?,16?. The van der Waals surface area contributed by atoms with Crippen LogP contribution in [-0.2, 0) is 14.2 Å². The van der Waals surface area contributed by atoms with Crippen molar-refractivity contribution in [1.29, 1.82) is 0 Å². The van der Waals surface area contributed by atoms with Crippen LogP contribution in [0.15, 0.2) is 30.3 Å². The molecule has 0 aromatic heterocycles. The van der Waals surface area contributed by atoms with Crippen molar-refractivity contribution in [1.82, 2.24) is 4.90 Å². The highest BCUT2D eigenvalue weighted by molar-refractivity contribution is 6.32. The molecule has 4 atom stereocenters. The van der Waals surface area contributed by atoms with Crippen LogP contribution >= 0.6 is 0 Å². The van der Waals surface area contributed by atoms with Crippen LogP contribution in [0, 0.1) is 0 Å². The van der Waals surface area contributed by atoms with Crippen molar-refractivity contribution >= 4 is 13.3 Å². The zero-order valence-corrected chi connectivity index (χ0v) is 13.9. The normalized spacial score (nSPS) is 27.7. The first-order valence-electron chi connectivity index (χ1n) is 8.49. The maximum Gasteiger partial charge on any atom is 0.633 e. The van der Waals surface area contributed by atoms with Crippen molar-refractivity contribution < 1.29 is 24.2 Å². The molecule has 2 aliphatic heterocycles. The number of carbonyl (C=O) groups excluding carboxylic acids is 1. The van der Waals surface area contributed by atoms with E-state index in [0.29, 0.717) is 12.1 Å². The van der Waals surface area contributed by atoms with E-state index >= 15 is 0 Å². The van der Waals surface area contributed by atoms with Crippen LogP contribution in [0.2, 0.25) is 0 Å². The van der Waals surface area contributed by atoms with Crippen LogP contribution in [-0.4, -0.2) is 60.1 Å². The van der Waals surface area contributed by atoms with Gasteiger partial charge in [-0.1, -0.05) is 30.3 Å². The van der Waals surface area contributed by atoms with Gasteiger partial charge in [-0.05, 0) is 38.3 Å². The van der Waals surface area contributed by atoms with Gasteiger partial charge in [0.1, 0.15) is 12.0 Å². The van der Waals surface area contributed by atoms with Gasteiger partial charge in [0.15, 0.2) is 0 Å². The predicted molar refractivity (Wildman–Crippen MR) is 89.0 cm³/mol. The lowest BCUT2D eigenvalue weighted by molar-refractivity contribution is -0.155. The van der Waals surface area contributed by atoms with E-state index in [1.54, 1.807) is 0 Å². The number of hydrogen-bond acceptors (Lipinski definition) is 6. The van der Waals surface area contributed by atoms with Crippen molar-refractivity contribution in [3.8, 4) is 0 Å². The van der Waals surface area contributed by atoms with Crippen LogP contribution in [0.5, 0.6) is 0 Å². The molecule has 1 aromatic carbocycles. The first-order chi connectivity index (χ1) is 11.5. The zero-order valence-electron chi connectivity index (χ0n) is 13.9. The SMILES string of the molecule is CN1[C@@H]2CC[C@H]1CC(OC(=O)C(COB(O)O)c1ccccc1)C2. The highest BCUT2D eigenvalue weighted by atomic mass is 16.6. The van der Waals surface area contributed by atoms with Gasteiger partial charge in [0.05, 0.1) is 6.61 Å². The number of rotatable bonds is 6. The van der Waals surface area contributed by atoms with Crippen LogP contribution in [0.1, 0.15) is 37.2 Å². The molecule has 7 heteroatoms. The highest BCUT2D eigenvalue weighted by Crippen LogP contribution is 2.36. The molecule has 0 radical (unpaired) electrons. The molecule has 2 N–H and O–H groups in total. The Morgan fingerprint density at radius 1 is 1.25 bits per heavy atom. The minimum atomic E-state index is -1.90. The highest BCUT2D eigenvalue weighted by Gasteiger charge is 2.40. The lowest BCUT2D eigenvalue weighted by Crippen LogP contribution is -2.44. The van der Waals surface area contributed by atoms with Crippen LogP contribution < -0.4 is 0 Å². The second-order valence-electron chi connectivity index (χ2n) is 6.70. The van der Waals surface area contributed by atoms with Crippen molar-refractivity contribution in [2.45, 2.75) is 49.8 Å². The van der Waals surface area contributed by atoms with Crippen LogP contribution in [0.25, 0.3) is 0 Å². The van der Waals surface area contributed by atoms with Gasteiger partial charge in [-0.2, -0.15) is 0 Å². The number of esters is 1. The number of fused-ring (bicyclic) bond motifs is 2. The Balaban J connectivity index is 1.65. The molecular formula is C17H24BNO5. The van der Waals surface area contributed by atoms with Gasteiger partial charge in [-0.3, -0.25) is 4.79 Å². The number of ether oxygens (including phenoxy) is 1. The van der Waals surface area contributed by atoms with Gasteiger partial charge in [-0.25, -0.2) is 0 Å². The molecule has 3 rings (SSSR count). The zero-order chi connectivity index (χ0) is 17.1. The van der Waals surface area contributed by atoms with Crippen LogP contribution in [0.3, 0.4) is 0 Å². The number of piperidine rings is 1. The third-order valence-electron chi connectivity index (χ3n) is 5.24. The average molecular weight is 333 g/mol. The number of hydrogen-bond donors (Lipinski definition) is 2. The molecule has 0 aliphatic carbocycles. The molecule has 2 saturated heterocycles. The Hall–Kier alpha value is -1.41. The molecule has 2 unspecified atom stereocenters. The van der Waals surface area contributed by atoms with Gasteiger partial charge < -0.3 is 24.3 Å². The fraction of sp³-hybridized carbons (Fsp3) is 0.588. The number of carbonyl (C=O) groups is 1. The lowest BCUT2D eigenvalue weighted by Gasteiger charge is -2.36. The first kappa shape index (κ1) is 17.4. The van der Waals surface area contributed by atoms with Crippen LogP contribution in [0.4, 0.5) is 0 Å². The first-order valence-corrected chi connectivity index (χ1v) is 8.49. The topological polar surface area (TPSA) is 79.2 Å². The summed E-state index contributed by atoms with van der Waals surface area (Å²) in [5.74, 6) is -1.03. The van der Waals surface area contributed by atoms with Gasteiger partial charge in [0.25, 0.3) is 0 Å². The Kier molecular flexibility index (Phi) is 5.55. The monoisotopic (exact) mass is 333 g/mol.